The Labute approximate surface area is 141 Å². The second-order valence-electron chi connectivity index (χ2n) is 5.52. The number of aromatic nitrogens is 1. The lowest BCUT2D eigenvalue weighted by Gasteiger charge is -2.21. The molecular formula is C21H16N2O. The molecular weight excluding hydrogens is 296 g/mol. The summed E-state index contributed by atoms with van der Waals surface area (Å²) in [6, 6.07) is 24.1. The Bertz CT molecular complexity index is 816. The van der Waals surface area contributed by atoms with Crippen molar-refractivity contribution in [1.82, 2.24) is 4.98 Å². The molecule has 0 saturated carbocycles. The first-order valence-corrected chi connectivity index (χ1v) is 7.88. The van der Waals surface area contributed by atoms with Crippen molar-refractivity contribution in [2.24, 2.45) is 4.99 Å². The summed E-state index contributed by atoms with van der Waals surface area (Å²) < 4.78 is 6.09. The molecule has 24 heavy (non-hydrogen) atoms. The first-order valence-electron chi connectivity index (χ1n) is 7.88. The van der Waals surface area contributed by atoms with Gasteiger partial charge in [-0.25, -0.2) is 4.99 Å². The van der Waals surface area contributed by atoms with Crippen molar-refractivity contribution >= 4 is 11.7 Å². The number of benzene rings is 2. The number of hydrogen-bond acceptors (Lipinski definition) is 3. The highest BCUT2D eigenvalue weighted by atomic mass is 16.5. The van der Waals surface area contributed by atoms with Crippen molar-refractivity contribution in [3.63, 3.8) is 0 Å². The Morgan fingerprint density at radius 2 is 1.38 bits per heavy atom. The zero-order chi connectivity index (χ0) is 16.2. The predicted octanol–water partition coefficient (Wildman–Crippen LogP) is 4.64. The molecule has 0 saturated heterocycles. The van der Waals surface area contributed by atoms with Crippen LogP contribution >= 0.6 is 0 Å². The van der Waals surface area contributed by atoms with Crippen LogP contribution in [0.2, 0.25) is 0 Å². The molecule has 2 heterocycles. The van der Waals surface area contributed by atoms with Gasteiger partial charge < -0.3 is 4.74 Å². The number of pyridine rings is 1. The summed E-state index contributed by atoms with van der Waals surface area (Å²) in [5, 5.41) is 0. The molecule has 0 N–H and O–H groups in total. The van der Waals surface area contributed by atoms with Crippen LogP contribution in [0.1, 0.15) is 22.7 Å². The number of nitrogens with zero attached hydrogens (tertiary/aromatic N) is 2. The van der Waals surface area contributed by atoms with E-state index in [1.54, 1.807) is 12.4 Å². The van der Waals surface area contributed by atoms with Crippen LogP contribution in [0.25, 0.3) is 5.76 Å². The largest absolute Gasteiger partial charge is 0.438 e. The minimum atomic E-state index is -0.0710. The molecule has 4 rings (SSSR count). The van der Waals surface area contributed by atoms with Crippen LogP contribution in [0.5, 0.6) is 0 Å². The van der Waals surface area contributed by atoms with E-state index in [2.05, 4.69) is 23.2 Å². The molecule has 1 atom stereocenters. The topological polar surface area (TPSA) is 34.5 Å². The highest BCUT2D eigenvalue weighted by Crippen LogP contribution is 2.31. The van der Waals surface area contributed by atoms with Gasteiger partial charge in [-0.3, -0.25) is 4.98 Å². The average Bonchev–Trinajstić information content (AvgIpc) is 2.70. The number of hydrogen-bond donors (Lipinski definition) is 0. The maximum atomic E-state index is 6.09. The van der Waals surface area contributed by atoms with Crippen molar-refractivity contribution in [3.8, 4) is 0 Å². The van der Waals surface area contributed by atoms with Gasteiger partial charge >= 0.3 is 0 Å². The SMILES string of the molecule is C1=C(c2ccccc2)OC(c2ccncc2)=NC1c1ccccc1. The van der Waals surface area contributed by atoms with Crippen LogP contribution in [0.15, 0.2) is 96.3 Å². The molecule has 0 spiro atoms. The van der Waals surface area contributed by atoms with Gasteiger partial charge in [0.1, 0.15) is 11.8 Å². The van der Waals surface area contributed by atoms with E-state index >= 15 is 0 Å². The summed E-state index contributed by atoms with van der Waals surface area (Å²) in [5.41, 5.74) is 3.10. The smallest absolute Gasteiger partial charge is 0.223 e. The maximum Gasteiger partial charge on any atom is 0.223 e. The quantitative estimate of drug-likeness (QED) is 0.706. The van der Waals surface area contributed by atoms with Gasteiger partial charge in [-0.1, -0.05) is 60.7 Å². The molecule has 3 aromatic rings. The zero-order valence-corrected chi connectivity index (χ0v) is 13.0. The fourth-order valence-electron chi connectivity index (χ4n) is 2.68. The van der Waals surface area contributed by atoms with Crippen molar-refractivity contribution in [2.45, 2.75) is 6.04 Å². The molecule has 0 fully saturated rings. The van der Waals surface area contributed by atoms with Gasteiger partial charge in [0.05, 0.1) is 0 Å². The van der Waals surface area contributed by atoms with Gasteiger partial charge in [-0.05, 0) is 23.8 Å². The average molecular weight is 312 g/mol. The minimum Gasteiger partial charge on any atom is -0.438 e. The molecule has 1 aliphatic rings. The van der Waals surface area contributed by atoms with E-state index in [1.165, 1.54) is 0 Å². The second-order valence-corrected chi connectivity index (χ2v) is 5.52. The molecule has 0 bridgehead atoms. The van der Waals surface area contributed by atoms with Crippen molar-refractivity contribution in [2.75, 3.05) is 0 Å². The van der Waals surface area contributed by atoms with Crippen LogP contribution in [0, 0.1) is 0 Å². The van der Waals surface area contributed by atoms with Crippen LogP contribution in [-0.4, -0.2) is 10.9 Å². The van der Waals surface area contributed by atoms with Crippen LogP contribution < -0.4 is 0 Å². The zero-order valence-electron chi connectivity index (χ0n) is 13.0. The Morgan fingerprint density at radius 1 is 0.708 bits per heavy atom. The molecule has 3 nitrogen and oxygen atoms in total. The van der Waals surface area contributed by atoms with Crippen LogP contribution in [0.3, 0.4) is 0 Å². The third-order valence-electron chi connectivity index (χ3n) is 3.90. The second kappa shape index (κ2) is 6.50. The minimum absolute atomic E-state index is 0.0710. The van der Waals surface area contributed by atoms with Gasteiger partial charge in [-0.15, -0.1) is 0 Å². The summed E-state index contributed by atoms with van der Waals surface area (Å²) in [5.74, 6) is 1.44. The third kappa shape index (κ3) is 2.97. The van der Waals surface area contributed by atoms with E-state index in [1.807, 2.05) is 60.7 Å². The molecule has 1 unspecified atom stereocenters. The molecule has 0 radical (unpaired) electrons. The lowest BCUT2D eigenvalue weighted by Crippen LogP contribution is -2.14. The molecule has 0 aliphatic carbocycles. The fraction of sp³-hybridized carbons (Fsp3) is 0.0476. The Hall–Kier alpha value is -3.20. The predicted molar refractivity (Wildman–Crippen MR) is 95.5 cm³/mol. The van der Waals surface area contributed by atoms with E-state index in [-0.39, 0.29) is 6.04 Å². The molecule has 1 aromatic heterocycles. The summed E-state index contributed by atoms with van der Waals surface area (Å²) in [7, 11) is 0. The van der Waals surface area contributed by atoms with Gasteiger partial charge in [0, 0.05) is 23.5 Å². The molecule has 3 heteroatoms. The summed E-state index contributed by atoms with van der Waals surface area (Å²) in [6.45, 7) is 0. The monoisotopic (exact) mass is 312 g/mol. The van der Waals surface area contributed by atoms with Crippen molar-refractivity contribution < 1.29 is 4.74 Å². The van der Waals surface area contributed by atoms with E-state index in [0.29, 0.717) is 5.90 Å². The standard InChI is InChI=1S/C21H16N2O/c1-3-7-16(8-4-1)19-15-20(17-9-5-2-6-10-17)24-21(23-19)18-11-13-22-14-12-18/h1-15,19H. The van der Waals surface area contributed by atoms with E-state index in [4.69, 9.17) is 9.73 Å². The van der Waals surface area contributed by atoms with Crippen LogP contribution in [0.4, 0.5) is 0 Å². The summed E-state index contributed by atoms with van der Waals surface area (Å²) in [4.78, 5) is 8.86. The Morgan fingerprint density at radius 3 is 2.08 bits per heavy atom. The van der Waals surface area contributed by atoms with Gasteiger partial charge in [0.2, 0.25) is 5.90 Å². The van der Waals surface area contributed by atoms with Crippen molar-refractivity contribution in [3.05, 3.63) is 108 Å². The molecule has 2 aromatic carbocycles. The Balaban J connectivity index is 1.78. The summed E-state index contributed by atoms with van der Waals surface area (Å²) >= 11 is 0. The van der Waals surface area contributed by atoms with Gasteiger partial charge in [0.25, 0.3) is 0 Å². The summed E-state index contributed by atoms with van der Waals surface area (Å²) in [6.07, 6.45) is 5.56. The number of ether oxygens (including phenoxy) is 1. The van der Waals surface area contributed by atoms with Crippen molar-refractivity contribution in [1.29, 1.82) is 0 Å². The number of rotatable bonds is 3. The van der Waals surface area contributed by atoms with E-state index in [0.717, 1.165) is 22.4 Å². The maximum absolute atomic E-state index is 6.09. The lowest BCUT2D eigenvalue weighted by atomic mass is 10.0. The highest BCUT2D eigenvalue weighted by Gasteiger charge is 2.20. The van der Waals surface area contributed by atoms with Gasteiger partial charge in [0.15, 0.2) is 0 Å². The van der Waals surface area contributed by atoms with E-state index in [9.17, 15) is 0 Å². The van der Waals surface area contributed by atoms with Gasteiger partial charge in [-0.2, -0.15) is 0 Å². The highest BCUT2D eigenvalue weighted by molar-refractivity contribution is 5.98. The number of aliphatic imine (C=N–C) groups is 1. The third-order valence-corrected chi connectivity index (χ3v) is 3.90. The molecule has 1 aliphatic heterocycles. The normalized spacial score (nSPS) is 16.8. The lowest BCUT2D eigenvalue weighted by molar-refractivity contribution is 0.486. The molecule has 116 valence electrons. The first kappa shape index (κ1) is 14.4. The fourth-order valence-corrected chi connectivity index (χ4v) is 2.68. The Kier molecular flexibility index (Phi) is 3.90. The van der Waals surface area contributed by atoms with Crippen LogP contribution in [-0.2, 0) is 4.74 Å². The first-order chi connectivity index (χ1) is 11.9. The van der Waals surface area contributed by atoms with E-state index < -0.39 is 0 Å². The molecule has 0 amide bonds.